The quantitative estimate of drug-likeness (QED) is 0.774. The van der Waals surface area contributed by atoms with Gasteiger partial charge in [0.1, 0.15) is 11.6 Å². The van der Waals surface area contributed by atoms with Gasteiger partial charge in [0.05, 0.1) is 33.0 Å². The molecule has 1 atom stereocenters. The van der Waals surface area contributed by atoms with E-state index in [0.717, 1.165) is 6.07 Å². The molecule has 1 aromatic rings. The number of ether oxygens (including phenoxy) is 3. The summed E-state index contributed by atoms with van der Waals surface area (Å²) in [4.78, 5) is 25.4. The van der Waals surface area contributed by atoms with Crippen LogP contribution in [0.1, 0.15) is 10.4 Å². The third-order valence-corrected chi connectivity index (χ3v) is 3.27. The van der Waals surface area contributed by atoms with Crippen LogP contribution in [0.15, 0.2) is 18.2 Å². The highest BCUT2D eigenvalue weighted by Crippen LogP contribution is 2.20. The summed E-state index contributed by atoms with van der Waals surface area (Å²) in [5, 5.41) is 0. The van der Waals surface area contributed by atoms with E-state index in [0.29, 0.717) is 5.75 Å². The smallest absolute Gasteiger partial charge is 0.331 e. The fourth-order valence-electron chi connectivity index (χ4n) is 2.13. The molecule has 0 aliphatic carbocycles. The second-order valence-corrected chi connectivity index (χ2v) is 4.46. The van der Waals surface area contributed by atoms with Gasteiger partial charge in [0, 0.05) is 12.6 Å². The Morgan fingerprint density at radius 1 is 1.38 bits per heavy atom. The summed E-state index contributed by atoms with van der Waals surface area (Å²) in [6.07, 6.45) is 0. The first-order valence-electron chi connectivity index (χ1n) is 6.38. The van der Waals surface area contributed by atoms with Crippen molar-refractivity contribution in [1.29, 1.82) is 0 Å². The molecule has 1 unspecified atom stereocenters. The van der Waals surface area contributed by atoms with Crippen LogP contribution in [0.5, 0.6) is 5.75 Å². The Labute approximate surface area is 121 Å². The number of halogens is 1. The molecule has 1 amide bonds. The van der Waals surface area contributed by atoms with Gasteiger partial charge in [-0.3, -0.25) is 4.79 Å². The Balaban J connectivity index is 2.26. The van der Waals surface area contributed by atoms with Gasteiger partial charge in [-0.25, -0.2) is 9.18 Å². The van der Waals surface area contributed by atoms with Gasteiger partial charge in [-0.2, -0.15) is 0 Å². The summed E-state index contributed by atoms with van der Waals surface area (Å²) in [5.41, 5.74) is -0.119. The fourth-order valence-corrected chi connectivity index (χ4v) is 2.13. The number of morpholine rings is 1. The highest BCUT2D eigenvalue weighted by Gasteiger charge is 2.35. The van der Waals surface area contributed by atoms with E-state index in [1.54, 1.807) is 0 Å². The molecule has 1 fully saturated rings. The zero-order chi connectivity index (χ0) is 15.4. The molecular formula is C14H16FNO5. The minimum absolute atomic E-state index is 0.0379. The van der Waals surface area contributed by atoms with E-state index in [1.807, 2.05) is 0 Å². The first kappa shape index (κ1) is 15.2. The first-order chi connectivity index (χ1) is 10.1. The van der Waals surface area contributed by atoms with Crippen molar-refractivity contribution in [3.8, 4) is 5.75 Å². The molecule has 1 saturated heterocycles. The lowest BCUT2D eigenvalue weighted by atomic mass is 10.1. The van der Waals surface area contributed by atoms with Crippen molar-refractivity contribution in [2.45, 2.75) is 6.04 Å². The average Bonchev–Trinajstić information content (AvgIpc) is 2.53. The average molecular weight is 297 g/mol. The highest BCUT2D eigenvalue weighted by atomic mass is 19.1. The molecule has 0 aromatic heterocycles. The van der Waals surface area contributed by atoms with E-state index in [4.69, 9.17) is 9.47 Å². The number of hydrogen-bond donors (Lipinski definition) is 0. The molecule has 1 aromatic carbocycles. The molecule has 0 bridgehead atoms. The Bertz CT molecular complexity index is 548. The van der Waals surface area contributed by atoms with Crippen LogP contribution in [-0.2, 0) is 14.3 Å². The van der Waals surface area contributed by atoms with Gasteiger partial charge in [-0.15, -0.1) is 0 Å². The monoisotopic (exact) mass is 297 g/mol. The van der Waals surface area contributed by atoms with E-state index in [1.165, 1.54) is 31.3 Å². The van der Waals surface area contributed by atoms with Crippen LogP contribution in [0, 0.1) is 5.82 Å². The molecule has 0 N–H and O–H groups in total. The minimum Gasteiger partial charge on any atom is -0.497 e. The molecule has 1 heterocycles. The predicted octanol–water partition coefficient (Wildman–Crippen LogP) is 0.848. The number of rotatable bonds is 3. The van der Waals surface area contributed by atoms with Crippen molar-refractivity contribution in [1.82, 2.24) is 4.90 Å². The minimum atomic E-state index is -0.863. The van der Waals surface area contributed by atoms with Crippen LogP contribution in [0.4, 0.5) is 4.39 Å². The molecule has 114 valence electrons. The van der Waals surface area contributed by atoms with Crippen molar-refractivity contribution >= 4 is 11.9 Å². The van der Waals surface area contributed by atoms with Gasteiger partial charge in [0.2, 0.25) is 0 Å². The molecule has 0 radical (unpaired) electrons. The summed E-state index contributed by atoms with van der Waals surface area (Å²) < 4.78 is 28.7. The maximum atomic E-state index is 14.0. The number of nitrogens with zero attached hydrogens (tertiary/aromatic N) is 1. The molecule has 21 heavy (non-hydrogen) atoms. The molecule has 6 nitrogen and oxygen atoms in total. The van der Waals surface area contributed by atoms with Crippen LogP contribution in [0.3, 0.4) is 0 Å². The van der Waals surface area contributed by atoms with E-state index >= 15 is 0 Å². The van der Waals surface area contributed by atoms with Crippen molar-refractivity contribution in [2.24, 2.45) is 0 Å². The summed E-state index contributed by atoms with van der Waals surface area (Å²) in [5.74, 6) is -1.55. The van der Waals surface area contributed by atoms with Crippen LogP contribution in [0.25, 0.3) is 0 Å². The van der Waals surface area contributed by atoms with Crippen molar-refractivity contribution in [2.75, 3.05) is 34.0 Å². The number of carbonyl (C=O) groups is 2. The van der Waals surface area contributed by atoms with Crippen LogP contribution in [0.2, 0.25) is 0 Å². The number of amides is 1. The van der Waals surface area contributed by atoms with Gasteiger partial charge in [0.25, 0.3) is 5.91 Å². The van der Waals surface area contributed by atoms with E-state index in [9.17, 15) is 14.0 Å². The molecule has 7 heteroatoms. The number of methoxy groups -OCH3 is 2. The number of hydrogen-bond acceptors (Lipinski definition) is 5. The van der Waals surface area contributed by atoms with Crippen LogP contribution >= 0.6 is 0 Å². The fraction of sp³-hybridized carbons (Fsp3) is 0.429. The third-order valence-electron chi connectivity index (χ3n) is 3.27. The van der Waals surface area contributed by atoms with Gasteiger partial charge in [-0.1, -0.05) is 0 Å². The topological polar surface area (TPSA) is 65.1 Å². The molecule has 0 spiro atoms. The van der Waals surface area contributed by atoms with E-state index in [-0.39, 0.29) is 25.3 Å². The zero-order valence-electron chi connectivity index (χ0n) is 11.8. The predicted molar refractivity (Wildman–Crippen MR) is 70.6 cm³/mol. The third kappa shape index (κ3) is 3.13. The summed E-state index contributed by atoms with van der Waals surface area (Å²) in [6, 6.07) is 3.09. The second kappa shape index (κ2) is 6.53. The van der Waals surface area contributed by atoms with Gasteiger partial charge >= 0.3 is 5.97 Å². The Hall–Kier alpha value is -2.15. The summed E-state index contributed by atoms with van der Waals surface area (Å²) in [7, 11) is 2.64. The van der Waals surface area contributed by atoms with E-state index < -0.39 is 23.7 Å². The Morgan fingerprint density at radius 2 is 2.14 bits per heavy atom. The van der Waals surface area contributed by atoms with Crippen LogP contribution in [-0.4, -0.2) is 56.8 Å². The van der Waals surface area contributed by atoms with Crippen molar-refractivity contribution < 1.29 is 28.2 Å². The molecule has 2 rings (SSSR count). The first-order valence-corrected chi connectivity index (χ1v) is 6.38. The normalized spacial score (nSPS) is 18.2. The standard InChI is InChI=1S/C14H16FNO5/c1-19-9-3-4-10(11(15)7-9)13(17)16-5-6-21-8-12(16)14(18)20-2/h3-4,7,12H,5-6,8H2,1-2H3. The van der Waals surface area contributed by atoms with Gasteiger partial charge in [0.15, 0.2) is 6.04 Å². The van der Waals surface area contributed by atoms with Crippen LogP contribution < -0.4 is 4.74 Å². The Morgan fingerprint density at radius 3 is 2.76 bits per heavy atom. The number of carbonyl (C=O) groups excluding carboxylic acids is 2. The summed E-state index contributed by atoms with van der Waals surface area (Å²) >= 11 is 0. The summed E-state index contributed by atoms with van der Waals surface area (Å²) in [6.45, 7) is 0.525. The molecular weight excluding hydrogens is 281 g/mol. The van der Waals surface area contributed by atoms with Gasteiger partial charge in [-0.05, 0) is 12.1 Å². The SMILES string of the molecule is COC(=O)C1COCCN1C(=O)c1ccc(OC)cc1F. The van der Waals surface area contributed by atoms with E-state index in [2.05, 4.69) is 4.74 Å². The Kier molecular flexibility index (Phi) is 4.74. The number of benzene rings is 1. The second-order valence-electron chi connectivity index (χ2n) is 4.46. The molecule has 1 aliphatic rings. The largest absolute Gasteiger partial charge is 0.497 e. The lowest BCUT2D eigenvalue weighted by molar-refractivity contribution is -0.151. The maximum Gasteiger partial charge on any atom is 0.331 e. The van der Waals surface area contributed by atoms with Crippen molar-refractivity contribution in [3.63, 3.8) is 0 Å². The lowest BCUT2D eigenvalue weighted by Gasteiger charge is -2.33. The molecule has 0 saturated carbocycles. The highest BCUT2D eigenvalue weighted by molar-refractivity contribution is 5.97. The van der Waals surface area contributed by atoms with Crippen molar-refractivity contribution in [3.05, 3.63) is 29.6 Å². The number of esters is 1. The van der Waals surface area contributed by atoms with Gasteiger partial charge < -0.3 is 19.1 Å². The lowest BCUT2D eigenvalue weighted by Crippen LogP contribution is -2.53. The maximum absolute atomic E-state index is 14.0. The molecule has 1 aliphatic heterocycles. The zero-order valence-corrected chi connectivity index (χ0v) is 11.8.